The first-order valence-electron chi connectivity index (χ1n) is 9.32. The molecule has 1 atom stereocenters. The number of hydrogen-bond acceptors (Lipinski definition) is 5. The normalized spacial score (nSPS) is 16.1. The smallest absolute Gasteiger partial charge is 0.278 e. The van der Waals surface area contributed by atoms with Crippen molar-refractivity contribution in [1.29, 1.82) is 0 Å². The molecule has 0 radical (unpaired) electrons. The quantitative estimate of drug-likeness (QED) is 0.530. The van der Waals surface area contributed by atoms with Crippen molar-refractivity contribution in [3.8, 4) is 23.0 Å². The van der Waals surface area contributed by atoms with Crippen LogP contribution in [-0.4, -0.2) is 19.9 Å². The number of hydrogen-bond donors (Lipinski definition) is 0. The van der Waals surface area contributed by atoms with E-state index in [2.05, 4.69) is 46.4 Å². The van der Waals surface area contributed by atoms with E-state index in [4.69, 9.17) is 9.26 Å². The Balaban J connectivity index is 1.41. The molecule has 2 aromatic heterocycles. The molecule has 3 heterocycles. The molecule has 2 aromatic carbocycles. The predicted octanol–water partition coefficient (Wildman–Crippen LogP) is 4.49. The lowest BCUT2D eigenvalue weighted by Gasteiger charge is -2.24. The van der Waals surface area contributed by atoms with Gasteiger partial charge in [-0.15, -0.1) is 0 Å². The molecule has 140 valence electrons. The molecule has 1 aliphatic heterocycles. The highest BCUT2D eigenvalue weighted by atomic mass is 16.5. The predicted molar refractivity (Wildman–Crippen MR) is 104 cm³/mol. The summed E-state index contributed by atoms with van der Waals surface area (Å²) in [6.45, 7) is 5.28. The Morgan fingerprint density at radius 3 is 2.68 bits per heavy atom. The van der Waals surface area contributed by atoms with Crippen LogP contribution in [-0.2, 0) is 17.9 Å². The van der Waals surface area contributed by atoms with Gasteiger partial charge in [0, 0.05) is 5.56 Å². The molecule has 0 unspecified atom stereocenters. The summed E-state index contributed by atoms with van der Waals surface area (Å²) in [7, 11) is 0. The lowest BCUT2D eigenvalue weighted by atomic mass is 10.1. The highest BCUT2D eigenvalue weighted by molar-refractivity contribution is 5.61. The molecule has 0 aliphatic carbocycles. The van der Waals surface area contributed by atoms with Crippen molar-refractivity contribution in [3.63, 3.8) is 0 Å². The largest absolute Gasteiger partial charge is 0.365 e. The Hall–Kier alpha value is -3.25. The summed E-state index contributed by atoms with van der Waals surface area (Å²) in [5.41, 5.74) is 6.15. The summed E-state index contributed by atoms with van der Waals surface area (Å²) in [6.07, 6.45) is -0.00827. The first-order valence-corrected chi connectivity index (χ1v) is 9.32. The van der Waals surface area contributed by atoms with Gasteiger partial charge in [0.05, 0.1) is 18.8 Å². The van der Waals surface area contributed by atoms with Crippen LogP contribution >= 0.6 is 0 Å². The van der Waals surface area contributed by atoms with E-state index in [9.17, 15) is 0 Å². The van der Waals surface area contributed by atoms with Gasteiger partial charge in [-0.3, -0.25) is 4.68 Å². The maximum absolute atomic E-state index is 6.04. The molecule has 4 aromatic rings. The van der Waals surface area contributed by atoms with Crippen LogP contribution < -0.4 is 0 Å². The van der Waals surface area contributed by atoms with Gasteiger partial charge in [-0.2, -0.15) is 10.1 Å². The number of ether oxygens (including phenoxy) is 1. The fourth-order valence-electron chi connectivity index (χ4n) is 3.47. The zero-order chi connectivity index (χ0) is 19.1. The number of benzene rings is 2. The second kappa shape index (κ2) is 6.73. The van der Waals surface area contributed by atoms with Crippen LogP contribution in [0.1, 0.15) is 28.5 Å². The summed E-state index contributed by atoms with van der Waals surface area (Å²) in [6, 6.07) is 18.4. The average Bonchev–Trinajstić information content (AvgIpc) is 3.35. The van der Waals surface area contributed by atoms with Crippen LogP contribution in [0.25, 0.3) is 23.0 Å². The molecule has 1 aliphatic rings. The van der Waals surface area contributed by atoms with E-state index in [1.165, 1.54) is 5.56 Å². The minimum atomic E-state index is -0.00827. The monoisotopic (exact) mass is 372 g/mol. The Morgan fingerprint density at radius 1 is 1.04 bits per heavy atom. The zero-order valence-electron chi connectivity index (χ0n) is 15.8. The minimum absolute atomic E-state index is 0.00827. The first-order chi connectivity index (χ1) is 13.7. The van der Waals surface area contributed by atoms with Crippen molar-refractivity contribution in [2.45, 2.75) is 33.1 Å². The van der Waals surface area contributed by atoms with E-state index in [1.54, 1.807) is 0 Å². The molecule has 6 heteroatoms. The highest BCUT2D eigenvalue weighted by Crippen LogP contribution is 2.29. The van der Waals surface area contributed by atoms with Gasteiger partial charge in [-0.25, -0.2) is 0 Å². The van der Waals surface area contributed by atoms with Crippen molar-refractivity contribution in [1.82, 2.24) is 19.9 Å². The Morgan fingerprint density at radius 2 is 1.86 bits per heavy atom. The molecule has 6 nitrogen and oxygen atoms in total. The maximum atomic E-state index is 6.04. The molecule has 0 N–H and O–H groups in total. The van der Waals surface area contributed by atoms with Gasteiger partial charge in [0.15, 0.2) is 5.69 Å². The second-order valence-electron chi connectivity index (χ2n) is 7.15. The third-order valence-electron chi connectivity index (χ3n) is 5.11. The molecule has 0 spiro atoms. The van der Waals surface area contributed by atoms with Gasteiger partial charge in [-0.1, -0.05) is 59.3 Å². The Kier molecular flexibility index (Phi) is 4.06. The van der Waals surface area contributed by atoms with Gasteiger partial charge >= 0.3 is 0 Å². The van der Waals surface area contributed by atoms with Gasteiger partial charge in [0.25, 0.3) is 5.89 Å². The standard InChI is InChI=1S/C22H20N4O2/c1-14-7-9-16(10-8-14)20-12-26-17(13-27-20)11-19(24-26)22-23-21(25-28-22)18-6-4-3-5-15(18)2/h3-11,20H,12-13H2,1-2H3/t20-/m1/s1. The van der Waals surface area contributed by atoms with E-state index in [0.717, 1.165) is 22.4 Å². The molecular weight excluding hydrogens is 352 g/mol. The fourth-order valence-corrected chi connectivity index (χ4v) is 3.47. The van der Waals surface area contributed by atoms with Crippen LogP contribution in [0.5, 0.6) is 0 Å². The van der Waals surface area contributed by atoms with Crippen molar-refractivity contribution < 1.29 is 9.26 Å². The molecule has 0 bridgehead atoms. The van der Waals surface area contributed by atoms with E-state index in [0.29, 0.717) is 30.6 Å². The van der Waals surface area contributed by atoms with Crippen LogP contribution in [0.3, 0.4) is 0 Å². The topological polar surface area (TPSA) is 66.0 Å². The molecule has 0 fully saturated rings. The van der Waals surface area contributed by atoms with Crippen molar-refractivity contribution in [2.24, 2.45) is 0 Å². The molecule has 0 amide bonds. The first kappa shape index (κ1) is 16.9. The number of fused-ring (bicyclic) bond motifs is 1. The third-order valence-corrected chi connectivity index (χ3v) is 5.11. The highest BCUT2D eigenvalue weighted by Gasteiger charge is 2.24. The summed E-state index contributed by atoms with van der Waals surface area (Å²) in [5, 5.41) is 8.82. The molecule has 0 saturated carbocycles. The van der Waals surface area contributed by atoms with Gasteiger partial charge in [0.1, 0.15) is 6.10 Å². The Labute approximate surface area is 162 Å². The van der Waals surface area contributed by atoms with Crippen LogP contribution in [0.2, 0.25) is 0 Å². The zero-order valence-corrected chi connectivity index (χ0v) is 15.8. The van der Waals surface area contributed by atoms with Gasteiger partial charge in [-0.05, 0) is 31.0 Å². The molecule has 5 rings (SSSR count). The summed E-state index contributed by atoms with van der Waals surface area (Å²) in [4.78, 5) is 4.55. The Bertz CT molecular complexity index is 1130. The number of nitrogens with zero attached hydrogens (tertiary/aromatic N) is 4. The van der Waals surface area contributed by atoms with E-state index >= 15 is 0 Å². The van der Waals surface area contributed by atoms with Gasteiger partial charge in [0.2, 0.25) is 5.82 Å². The number of aromatic nitrogens is 4. The van der Waals surface area contributed by atoms with Gasteiger partial charge < -0.3 is 9.26 Å². The van der Waals surface area contributed by atoms with Crippen LogP contribution in [0.4, 0.5) is 0 Å². The lowest BCUT2D eigenvalue weighted by Crippen LogP contribution is -2.21. The molecule has 0 saturated heterocycles. The third kappa shape index (κ3) is 3.01. The summed E-state index contributed by atoms with van der Waals surface area (Å²) in [5.74, 6) is 1.000. The van der Waals surface area contributed by atoms with Crippen molar-refractivity contribution in [3.05, 3.63) is 77.0 Å². The van der Waals surface area contributed by atoms with E-state index < -0.39 is 0 Å². The second-order valence-corrected chi connectivity index (χ2v) is 7.15. The molecule has 28 heavy (non-hydrogen) atoms. The van der Waals surface area contributed by atoms with Crippen molar-refractivity contribution in [2.75, 3.05) is 0 Å². The lowest BCUT2D eigenvalue weighted by molar-refractivity contribution is -0.00113. The minimum Gasteiger partial charge on any atom is -0.365 e. The SMILES string of the molecule is Cc1ccc([C@H]2Cn3nc(-c4nc(-c5ccccc5C)no4)cc3CO2)cc1. The van der Waals surface area contributed by atoms with Crippen LogP contribution in [0.15, 0.2) is 59.1 Å². The fraction of sp³-hybridized carbons (Fsp3) is 0.227. The molecular formula is C22H20N4O2. The van der Waals surface area contributed by atoms with Crippen molar-refractivity contribution >= 4 is 0 Å². The summed E-state index contributed by atoms with van der Waals surface area (Å²) >= 11 is 0. The van der Waals surface area contributed by atoms with E-state index in [1.807, 2.05) is 41.9 Å². The maximum Gasteiger partial charge on any atom is 0.278 e. The number of rotatable bonds is 3. The van der Waals surface area contributed by atoms with E-state index in [-0.39, 0.29) is 6.10 Å². The summed E-state index contributed by atoms with van der Waals surface area (Å²) < 4.78 is 13.5. The number of aryl methyl sites for hydroxylation is 2. The average molecular weight is 372 g/mol. The van der Waals surface area contributed by atoms with Crippen LogP contribution in [0, 0.1) is 13.8 Å².